The second-order valence-electron chi connectivity index (χ2n) is 2.86. The number of halogens is 1. The van der Waals surface area contributed by atoms with Crippen molar-refractivity contribution in [1.82, 2.24) is 10.2 Å². The van der Waals surface area contributed by atoms with E-state index >= 15 is 0 Å². The zero-order chi connectivity index (χ0) is 11.5. The van der Waals surface area contributed by atoms with E-state index in [1.165, 1.54) is 29.0 Å². The minimum absolute atomic E-state index is 0.0785. The van der Waals surface area contributed by atoms with Crippen LogP contribution in [0.25, 0.3) is 0 Å². The summed E-state index contributed by atoms with van der Waals surface area (Å²) >= 11 is 4.43. The Kier molecular flexibility index (Phi) is 3.16. The second-order valence-corrected chi connectivity index (χ2v) is 4.61. The lowest BCUT2D eigenvalue weighted by molar-refractivity contribution is 0.102. The van der Waals surface area contributed by atoms with Crippen LogP contribution < -0.4 is 5.32 Å². The van der Waals surface area contributed by atoms with Gasteiger partial charge in [0.05, 0.1) is 5.56 Å². The molecule has 0 unspecified atom stereocenters. The smallest absolute Gasteiger partial charge is 0.261 e. The first-order chi connectivity index (χ1) is 7.66. The molecule has 0 bridgehead atoms. The van der Waals surface area contributed by atoms with E-state index in [4.69, 9.17) is 0 Å². The van der Waals surface area contributed by atoms with Gasteiger partial charge < -0.3 is 5.11 Å². The van der Waals surface area contributed by atoms with Crippen molar-refractivity contribution in [2.75, 3.05) is 5.32 Å². The van der Waals surface area contributed by atoms with Crippen molar-refractivity contribution in [2.45, 2.75) is 0 Å². The molecule has 5 nitrogen and oxygen atoms in total. The molecule has 16 heavy (non-hydrogen) atoms. The molecule has 0 radical (unpaired) electrons. The Hall–Kier alpha value is -1.47. The topological polar surface area (TPSA) is 75.1 Å². The lowest BCUT2D eigenvalue weighted by Crippen LogP contribution is -2.11. The van der Waals surface area contributed by atoms with Crippen LogP contribution in [0.4, 0.5) is 5.13 Å². The van der Waals surface area contributed by atoms with Gasteiger partial charge in [0.15, 0.2) is 0 Å². The Labute approximate surface area is 103 Å². The average molecular weight is 300 g/mol. The minimum atomic E-state index is -0.421. The molecule has 1 heterocycles. The van der Waals surface area contributed by atoms with Crippen LogP contribution >= 0.6 is 27.3 Å². The van der Waals surface area contributed by atoms with Crippen LogP contribution in [0, 0.1) is 0 Å². The molecule has 0 fully saturated rings. The highest BCUT2D eigenvalue weighted by molar-refractivity contribution is 9.10. The van der Waals surface area contributed by atoms with E-state index in [0.29, 0.717) is 9.60 Å². The van der Waals surface area contributed by atoms with Gasteiger partial charge in [-0.25, -0.2) is 0 Å². The van der Waals surface area contributed by atoms with Gasteiger partial charge in [0, 0.05) is 4.47 Å². The van der Waals surface area contributed by atoms with Gasteiger partial charge in [0.1, 0.15) is 11.3 Å². The number of phenols is 1. The number of carbonyl (C=O) groups excluding carboxylic acids is 1. The van der Waals surface area contributed by atoms with Crippen molar-refractivity contribution in [1.29, 1.82) is 0 Å². The van der Waals surface area contributed by atoms with E-state index in [2.05, 4.69) is 31.4 Å². The van der Waals surface area contributed by atoms with Gasteiger partial charge in [-0.15, -0.1) is 10.2 Å². The summed E-state index contributed by atoms with van der Waals surface area (Å²) in [6, 6.07) is 4.63. The monoisotopic (exact) mass is 299 g/mol. The molecule has 0 aliphatic carbocycles. The zero-order valence-corrected chi connectivity index (χ0v) is 10.2. The molecular formula is C9H6BrN3O2S. The molecule has 2 rings (SSSR count). The first kappa shape index (κ1) is 11.0. The highest BCUT2D eigenvalue weighted by Crippen LogP contribution is 2.23. The van der Waals surface area contributed by atoms with Gasteiger partial charge in [0.25, 0.3) is 5.91 Å². The van der Waals surface area contributed by atoms with E-state index in [1.54, 1.807) is 6.07 Å². The highest BCUT2D eigenvalue weighted by Gasteiger charge is 2.12. The molecular weight excluding hydrogens is 294 g/mol. The minimum Gasteiger partial charge on any atom is -0.507 e. The van der Waals surface area contributed by atoms with Crippen LogP contribution in [0.15, 0.2) is 28.2 Å². The van der Waals surface area contributed by atoms with Gasteiger partial charge in [-0.3, -0.25) is 10.1 Å². The summed E-state index contributed by atoms with van der Waals surface area (Å²) in [6.07, 6.45) is 0. The SMILES string of the molecule is O=C(Nc1nncs1)c1cc(Br)ccc1O. The summed E-state index contributed by atoms with van der Waals surface area (Å²) in [4.78, 5) is 11.7. The number of amides is 1. The van der Waals surface area contributed by atoms with Crippen molar-refractivity contribution in [3.05, 3.63) is 33.7 Å². The van der Waals surface area contributed by atoms with Crippen LogP contribution in [0.1, 0.15) is 10.4 Å². The fourth-order valence-corrected chi connectivity index (χ4v) is 1.88. The third kappa shape index (κ3) is 2.37. The summed E-state index contributed by atoms with van der Waals surface area (Å²) < 4.78 is 0.715. The number of aromatic nitrogens is 2. The lowest BCUT2D eigenvalue weighted by Gasteiger charge is -2.04. The van der Waals surface area contributed by atoms with Crippen molar-refractivity contribution in [3.8, 4) is 5.75 Å². The fraction of sp³-hybridized carbons (Fsp3) is 0. The van der Waals surface area contributed by atoms with Crippen molar-refractivity contribution < 1.29 is 9.90 Å². The largest absolute Gasteiger partial charge is 0.507 e. The Bertz CT molecular complexity index is 515. The first-order valence-corrected chi connectivity index (χ1v) is 5.90. The summed E-state index contributed by atoms with van der Waals surface area (Å²) in [7, 11) is 0. The Morgan fingerprint density at radius 3 is 3.00 bits per heavy atom. The average Bonchev–Trinajstić information content (AvgIpc) is 2.74. The highest BCUT2D eigenvalue weighted by atomic mass is 79.9. The summed E-state index contributed by atoms with van der Waals surface area (Å²) in [6.45, 7) is 0. The molecule has 1 amide bonds. The van der Waals surface area contributed by atoms with Gasteiger partial charge in [-0.2, -0.15) is 0 Å². The maximum Gasteiger partial charge on any atom is 0.261 e. The molecule has 1 aromatic heterocycles. The van der Waals surface area contributed by atoms with Crippen LogP contribution in [0.2, 0.25) is 0 Å². The van der Waals surface area contributed by atoms with E-state index in [0.717, 1.165) is 0 Å². The molecule has 2 aromatic rings. The molecule has 0 spiro atoms. The third-order valence-electron chi connectivity index (χ3n) is 1.78. The summed E-state index contributed by atoms with van der Waals surface area (Å²) in [5, 5.41) is 19.7. The molecule has 7 heteroatoms. The number of hydrogen-bond acceptors (Lipinski definition) is 5. The zero-order valence-electron chi connectivity index (χ0n) is 7.85. The Morgan fingerprint density at radius 1 is 1.50 bits per heavy atom. The molecule has 0 aliphatic rings. The fourth-order valence-electron chi connectivity index (χ4n) is 1.08. The summed E-state index contributed by atoms with van der Waals surface area (Å²) in [5.41, 5.74) is 1.70. The number of rotatable bonds is 2. The first-order valence-electron chi connectivity index (χ1n) is 4.23. The molecule has 0 saturated carbocycles. The second kappa shape index (κ2) is 4.58. The number of phenolic OH excluding ortho intramolecular Hbond substituents is 1. The maximum atomic E-state index is 11.7. The number of carbonyl (C=O) groups is 1. The molecule has 1 aromatic carbocycles. The number of hydrogen-bond donors (Lipinski definition) is 2. The van der Waals surface area contributed by atoms with Crippen LogP contribution in [0.3, 0.4) is 0 Å². The Balaban J connectivity index is 2.24. The van der Waals surface area contributed by atoms with Gasteiger partial charge in [-0.05, 0) is 18.2 Å². The molecule has 2 N–H and O–H groups in total. The lowest BCUT2D eigenvalue weighted by atomic mass is 10.2. The van der Waals surface area contributed by atoms with Crippen molar-refractivity contribution in [2.24, 2.45) is 0 Å². The van der Waals surface area contributed by atoms with Gasteiger partial charge in [0.2, 0.25) is 5.13 Å². The van der Waals surface area contributed by atoms with E-state index < -0.39 is 5.91 Å². The number of aromatic hydroxyl groups is 1. The van der Waals surface area contributed by atoms with Crippen molar-refractivity contribution >= 4 is 38.3 Å². The number of nitrogens with zero attached hydrogens (tertiary/aromatic N) is 2. The normalized spacial score (nSPS) is 10.1. The van der Waals surface area contributed by atoms with E-state index in [9.17, 15) is 9.90 Å². The Morgan fingerprint density at radius 2 is 2.31 bits per heavy atom. The maximum absolute atomic E-state index is 11.7. The molecule has 0 atom stereocenters. The van der Waals surface area contributed by atoms with Crippen LogP contribution in [-0.4, -0.2) is 21.2 Å². The number of nitrogens with one attached hydrogen (secondary N) is 1. The number of benzene rings is 1. The summed E-state index contributed by atoms with van der Waals surface area (Å²) in [5.74, 6) is -0.499. The van der Waals surface area contributed by atoms with Crippen molar-refractivity contribution in [3.63, 3.8) is 0 Å². The van der Waals surface area contributed by atoms with E-state index in [1.807, 2.05) is 0 Å². The number of anilines is 1. The van der Waals surface area contributed by atoms with Gasteiger partial charge >= 0.3 is 0 Å². The van der Waals surface area contributed by atoms with Crippen LogP contribution in [0.5, 0.6) is 5.75 Å². The predicted molar refractivity (Wildman–Crippen MR) is 63.7 cm³/mol. The van der Waals surface area contributed by atoms with Crippen LogP contribution in [-0.2, 0) is 0 Å². The van der Waals surface area contributed by atoms with Gasteiger partial charge in [-0.1, -0.05) is 27.3 Å². The third-order valence-corrected chi connectivity index (χ3v) is 2.88. The molecule has 0 saturated heterocycles. The molecule has 82 valence electrons. The quantitative estimate of drug-likeness (QED) is 0.892. The van der Waals surface area contributed by atoms with E-state index in [-0.39, 0.29) is 11.3 Å². The predicted octanol–water partition coefficient (Wildman–Crippen LogP) is 2.26. The molecule has 0 aliphatic heterocycles. The standard InChI is InChI=1S/C9H6BrN3O2S/c10-5-1-2-7(14)6(3-5)8(15)12-9-13-11-4-16-9/h1-4,14H,(H,12,13,15).